The molecule has 1 saturated heterocycles. The molecule has 0 atom stereocenters. The lowest BCUT2D eigenvalue weighted by atomic mass is 9.82. The number of likely N-dealkylation sites (tertiary alicyclic amines) is 1. The monoisotopic (exact) mass is 151 g/mol. The van der Waals surface area contributed by atoms with Crippen molar-refractivity contribution in [2.24, 2.45) is 5.41 Å². The Bertz CT molecular complexity index is 187. The molecule has 11 heavy (non-hydrogen) atoms. The van der Waals surface area contributed by atoms with Crippen LogP contribution >= 0.6 is 0 Å². The maximum absolute atomic E-state index is 10.2. The summed E-state index contributed by atoms with van der Waals surface area (Å²) < 4.78 is 0. The number of carbonyl (C=O) groups excluding carboxylic acids is 1. The molecule has 59 valence electrons. The van der Waals surface area contributed by atoms with Crippen LogP contribution in [0.5, 0.6) is 0 Å². The Morgan fingerprint density at radius 3 is 2.36 bits per heavy atom. The first kappa shape index (κ1) is 8.06. The summed E-state index contributed by atoms with van der Waals surface area (Å²) in [6, 6.07) is 2.27. The van der Waals surface area contributed by atoms with Crippen LogP contribution in [0, 0.1) is 16.7 Å². The Labute approximate surface area is 66.6 Å². The molecule has 0 bridgehead atoms. The second kappa shape index (κ2) is 2.91. The quantitative estimate of drug-likeness (QED) is 0.553. The van der Waals surface area contributed by atoms with Gasteiger partial charge in [-0.25, -0.2) is 0 Å². The van der Waals surface area contributed by atoms with Crippen LogP contribution in [0.3, 0.4) is 0 Å². The third-order valence-corrected chi connectivity index (χ3v) is 2.27. The second-order valence-corrected chi connectivity index (χ2v) is 3.25. The Hall–Kier alpha value is -1.04. The number of rotatable bonds is 1. The molecule has 3 nitrogen and oxygen atoms in total. The van der Waals surface area contributed by atoms with E-state index in [2.05, 4.69) is 6.07 Å². The highest BCUT2D eigenvalue weighted by Gasteiger charge is 2.29. The van der Waals surface area contributed by atoms with Gasteiger partial charge in [0.15, 0.2) is 0 Å². The number of piperidine rings is 1. The molecule has 0 aliphatic carbocycles. The van der Waals surface area contributed by atoms with Gasteiger partial charge in [0.2, 0.25) is 0 Å². The summed E-state index contributed by atoms with van der Waals surface area (Å²) >= 11 is 0. The van der Waals surface area contributed by atoms with Gasteiger partial charge in [0.25, 0.3) is 0 Å². The van der Waals surface area contributed by atoms with Gasteiger partial charge in [-0.15, -0.1) is 0 Å². The van der Waals surface area contributed by atoms with Crippen LogP contribution in [0.1, 0.15) is 19.8 Å². The fourth-order valence-electron chi connectivity index (χ4n) is 1.20. The molecule has 1 rings (SSSR count). The van der Waals surface area contributed by atoms with E-state index in [1.165, 1.54) is 0 Å². The van der Waals surface area contributed by atoms with Gasteiger partial charge < -0.3 is 4.90 Å². The Kier molecular flexibility index (Phi) is 2.13. The molecular formula is C8H11N2O. The van der Waals surface area contributed by atoms with Crippen molar-refractivity contribution in [3.05, 3.63) is 0 Å². The van der Waals surface area contributed by atoms with Crippen LogP contribution in [0.15, 0.2) is 0 Å². The minimum Gasteiger partial charge on any atom is -0.334 e. The highest BCUT2D eigenvalue weighted by Crippen LogP contribution is 2.28. The molecule has 0 N–H and O–H groups in total. The maximum atomic E-state index is 10.2. The van der Waals surface area contributed by atoms with E-state index < -0.39 is 0 Å². The predicted octanol–water partition coefficient (Wildman–Crippen LogP) is 0.679. The minimum atomic E-state index is -0.215. The Morgan fingerprint density at radius 2 is 2.00 bits per heavy atom. The van der Waals surface area contributed by atoms with Gasteiger partial charge in [0.1, 0.15) is 0 Å². The number of nitriles is 1. The van der Waals surface area contributed by atoms with Gasteiger partial charge in [0.05, 0.1) is 11.5 Å². The second-order valence-electron chi connectivity index (χ2n) is 3.25. The highest BCUT2D eigenvalue weighted by atomic mass is 16.1. The largest absolute Gasteiger partial charge is 0.334 e. The standard InChI is InChI=1S/C8H11N2O/c1-8(6-9)2-4-10(7-11)5-3-8/h2-5H2,1H3. The van der Waals surface area contributed by atoms with Gasteiger partial charge in [-0.05, 0) is 19.8 Å². The van der Waals surface area contributed by atoms with Crippen LogP contribution < -0.4 is 0 Å². The third kappa shape index (κ3) is 1.70. The molecule has 1 radical (unpaired) electrons. The van der Waals surface area contributed by atoms with Crippen molar-refractivity contribution >= 4 is 6.41 Å². The lowest BCUT2D eigenvalue weighted by Gasteiger charge is -2.31. The number of hydrogen-bond acceptors (Lipinski definition) is 2. The Balaban J connectivity index is 2.49. The lowest BCUT2D eigenvalue weighted by Crippen LogP contribution is -2.36. The van der Waals surface area contributed by atoms with Crippen molar-refractivity contribution in [3.8, 4) is 6.07 Å². The van der Waals surface area contributed by atoms with Crippen LogP contribution in [0.2, 0.25) is 0 Å². The van der Waals surface area contributed by atoms with Crippen molar-refractivity contribution < 1.29 is 4.79 Å². The molecule has 1 aliphatic heterocycles. The van der Waals surface area contributed by atoms with E-state index in [-0.39, 0.29) is 5.41 Å². The number of nitrogens with zero attached hydrogens (tertiary/aromatic N) is 2. The smallest absolute Gasteiger partial charge is 0.312 e. The van der Waals surface area contributed by atoms with Crippen LogP contribution in [0.4, 0.5) is 0 Å². The first-order valence-corrected chi connectivity index (χ1v) is 3.74. The molecule has 1 amide bonds. The fraction of sp³-hybridized carbons (Fsp3) is 0.750. The normalized spacial score (nSPS) is 22.4. The summed E-state index contributed by atoms with van der Waals surface area (Å²) in [6.45, 7) is 3.29. The predicted molar refractivity (Wildman–Crippen MR) is 40.2 cm³/mol. The summed E-state index contributed by atoms with van der Waals surface area (Å²) in [5, 5.41) is 8.74. The molecule has 0 aromatic heterocycles. The molecule has 1 aliphatic rings. The molecule has 1 fully saturated rings. The zero-order valence-electron chi connectivity index (χ0n) is 6.63. The average molecular weight is 151 g/mol. The summed E-state index contributed by atoms with van der Waals surface area (Å²) in [6.07, 6.45) is 3.39. The average Bonchev–Trinajstić information content (AvgIpc) is 2.06. The summed E-state index contributed by atoms with van der Waals surface area (Å²) in [5.74, 6) is 0. The van der Waals surface area contributed by atoms with Crippen molar-refractivity contribution in [2.45, 2.75) is 19.8 Å². The van der Waals surface area contributed by atoms with E-state index in [9.17, 15) is 4.79 Å². The topological polar surface area (TPSA) is 44.1 Å². The van der Waals surface area contributed by atoms with E-state index in [4.69, 9.17) is 5.26 Å². The van der Waals surface area contributed by atoms with Gasteiger partial charge >= 0.3 is 6.41 Å². The Morgan fingerprint density at radius 1 is 1.45 bits per heavy atom. The zero-order chi connectivity index (χ0) is 8.32. The van der Waals surface area contributed by atoms with Crippen LogP contribution in [0.25, 0.3) is 0 Å². The van der Waals surface area contributed by atoms with Gasteiger partial charge in [-0.3, -0.25) is 4.79 Å². The van der Waals surface area contributed by atoms with E-state index >= 15 is 0 Å². The van der Waals surface area contributed by atoms with Gasteiger partial charge in [-0.2, -0.15) is 5.26 Å². The molecular weight excluding hydrogens is 140 g/mol. The summed E-state index contributed by atoms with van der Waals surface area (Å²) in [5.41, 5.74) is -0.215. The van der Waals surface area contributed by atoms with E-state index in [1.54, 1.807) is 4.90 Å². The summed E-state index contributed by atoms with van der Waals surface area (Å²) in [7, 11) is 0. The van der Waals surface area contributed by atoms with E-state index in [0.29, 0.717) is 13.1 Å². The molecule has 0 aromatic rings. The molecule has 0 spiro atoms. The summed E-state index contributed by atoms with van der Waals surface area (Å²) in [4.78, 5) is 11.8. The molecule has 0 saturated carbocycles. The maximum Gasteiger partial charge on any atom is 0.312 e. The first-order chi connectivity index (χ1) is 5.20. The first-order valence-electron chi connectivity index (χ1n) is 3.74. The minimum absolute atomic E-state index is 0.215. The fourth-order valence-corrected chi connectivity index (χ4v) is 1.20. The van der Waals surface area contributed by atoms with Gasteiger partial charge in [-0.1, -0.05) is 0 Å². The van der Waals surface area contributed by atoms with Crippen molar-refractivity contribution in [1.29, 1.82) is 5.26 Å². The van der Waals surface area contributed by atoms with Crippen molar-refractivity contribution in [1.82, 2.24) is 4.90 Å². The molecule has 0 aromatic carbocycles. The van der Waals surface area contributed by atoms with Crippen molar-refractivity contribution in [3.63, 3.8) is 0 Å². The van der Waals surface area contributed by atoms with E-state index in [0.717, 1.165) is 12.8 Å². The molecule has 3 heteroatoms. The molecule has 1 heterocycles. The number of hydrogen-bond donors (Lipinski definition) is 0. The van der Waals surface area contributed by atoms with E-state index in [1.807, 2.05) is 13.3 Å². The van der Waals surface area contributed by atoms with Crippen molar-refractivity contribution in [2.75, 3.05) is 13.1 Å². The SMILES string of the molecule is CC1(C#N)CCN([C]=O)CC1. The van der Waals surface area contributed by atoms with Gasteiger partial charge in [0, 0.05) is 13.1 Å². The molecule has 0 unspecified atom stereocenters. The third-order valence-electron chi connectivity index (χ3n) is 2.27. The highest BCUT2D eigenvalue weighted by molar-refractivity contribution is 5.48. The van der Waals surface area contributed by atoms with Crippen LogP contribution in [-0.4, -0.2) is 24.4 Å². The van der Waals surface area contributed by atoms with Crippen LogP contribution in [-0.2, 0) is 4.79 Å². The number of amides is 1. The lowest BCUT2D eigenvalue weighted by molar-refractivity contribution is 0.218. The zero-order valence-corrected chi connectivity index (χ0v) is 6.63.